The van der Waals surface area contributed by atoms with E-state index in [2.05, 4.69) is 4.74 Å². The molecule has 34 heavy (non-hydrogen) atoms. The van der Waals surface area contributed by atoms with Crippen molar-refractivity contribution < 1.29 is 45.0 Å². The number of rotatable bonds is 7. The molecule has 1 N–H and O–H groups in total. The van der Waals surface area contributed by atoms with Crippen LogP contribution < -0.4 is 4.74 Å². The Bertz CT molecular complexity index is 1170. The lowest BCUT2D eigenvalue weighted by atomic mass is 9.97. The van der Waals surface area contributed by atoms with Gasteiger partial charge in [-0.15, -0.1) is 0 Å². The minimum Gasteiger partial charge on any atom is -0.507 e. The number of phenolic OH excluding ortho intramolecular Hbond substituents is 1. The minimum atomic E-state index is -5.08. The highest BCUT2D eigenvalue weighted by molar-refractivity contribution is 5.72. The molecule has 0 heterocycles. The van der Waals surface area contributed by atoms with Crippen molar-refractivity contribution in [1.82, 2.24) is 0 Å². The fourth-order valence-electron chi connectivity index (χ4n) is 3.36. The Hall–Kier alpha value is -3.30. The number of benzene rings is 3. The summed E-state index contributed by atoms with van der Waals surface area (Å²) in [5.41, 5.74) is -3.48. The first-order valence-electron chi connectivity index (χ1n) is 10.1. The molecule has 0 aliphatic carbocycles. The van der Waals surface area contributed by atoms with E-state index < -0.39 is 57.9 Å². The van der Waals surface area contributed by atoms with Crippen molar-refractivity contribution in [3.05, 3.63) is 82.7 Å². The van der Waals surface area contributed by atoms with Gasteiger partial charge in [0.05, 0.1) is 11.1 Å². The number of alkyl halides is 5. The van der Waals surface area contributed by atoms with E-state index in [1.807, 2.05) is 6.92 Å². The average Bonchev–Trinajstić information content (AvgIpc) is 2.71. The van der Waals surface area contributed by atoms with Crippen LogP contribution in [0.2, 0.25) is 0 Å². The summed E-state index contributed by atoms with van der Waals surface area (Å²) in [5, 5.41) is 10.0. The Morgan fingerprint density at radius 3 is 2.06 bits per heavy atom. The van der Waals surface area contributed by atoms with E-state index in [4.69, 9.17) is 0 Å². The second-order valence-corrected chi connectivity index (χ2v) is 7.50. The second-order valence-electron chi connectivity index (χ2n) is 7.50. The van der Waals surface area contributed by atoms with Crippen LogP contribution in [0.3, 0.4) is 0 Å². The van der Waals surface area contributed by atoms with Crippen molar-refractivity contribution >= 4 is 0 Å². The maximum Gasteiger partial charge on any atom is 0.432 e. The van der Waals surface area contributed by atoms with E-state index >= 15 is 4.39 Å². The Morgan fingerprint density at radius 1 is 0.853 bits per heavy atom. The molecule has 0 saturated heterocycles. The quantitative estimate of drug-likeness (QED) is 0.341. The normalized spacial score (nSPS) is 12.1. The molecule has 0 bridgehead atoms. The van der Waals surface area contributed by atoms with Gasteiger partial charge < -0.3 is 9.84 Å². The standard InChI is InChI=1S/C24H18F8O2/c1-2-3-4-13-5-7-14(8-6-13)20-19(33)12-18(26)21(22(20)27)24(31,32)34-15-9-10-16(17(25)11-15)23(28,29)30/h5-12,33H,2-4H2,1H3. The number of hydrogen-bond donors (Lipinski definition) is 1. The first-order chi connectivity index (χ1) is 15.8. The summed E-state index contributed by atoms with van der Waals surface area (Å²) in [5.74, 6) is -7.65. The summed E-state index contributed by atoms with van der Waals surface area (Å²) in [6.45, 7) is 1.99. The van der Waals surface area contributed by atoms with Gasteiger partial charge >= 0.3 is 12.3 Å². The first kappa shape index (κ1) is 25.3. The van der Waals surface area contributed by atoms with Crippen molar-refractivity contribution in [2.45, 2.75) is 38.5 Å². The van der Waals surface area contributed by atoms with Crippen molar-refractivity contribution in [2.24, 2.45) is 0 Å². The minimum absolute atomic E-state index is 0.0205. The molecule has 0 saturated carbocycles. The summed E-state index contributed by atoms with van der Waals surface area (Å²) in [7, 11) is 0. The van der Waals surface area contributed by atoms with Crippen LogP contribution in [0, 0.1) is 17.5 Å². The molecule has 0 unspecified atom stereocenters. The fraction of sp³-hybridized carbons (Fsp3) is 0.250. The zero-order valence-corrected chi connectivity index (χ0v) is 17.6. The Labute approximate surface area is 189 Å². The molecule has 0 radical (unpaired) electrons. The average molecular weight is 490 g/mol. The zero-order chi connectivity index (χ0) is 25.3. The number of ether oxygens (including phenoxy) is 1. The predicted octanol–water partition coefficient (Wildman–Crippen LogP) is 7.97. The molecule has 3 aromatic rings. The third-order valence-electron chi connectivity index (χ3n) is 5.04. The molecule has 2 nitrogen and oxygen atoms in total. The van der Waals surface area contributed by atoms with Crippen LogP contribution in [0.4, 0.5) is 35.1 Å². The smallest absolute Gasteiger partial charge is 0.432 e. The molecule has 10 heteroatoms. The van der Waals surface area contributed by atoms with Crippen molar-refractivity contribution in [2.75, 3.05) is 0 Å². The monoisotopic (exact) mass is 490 g/mol. The van der Waals surface area contributed by atoms with Crippen LogP contribution in [0.25, 0.3) is 11.1 Å². The van der Waals surface area contributed by atoms with Crippen LogP contribution in [0.5, 0.6) is 11.5 Å². The highest BCUT2D eigenvalue weighted by Crippen LogP contribution is 2.43. The van der Waals surface area contributed by atoms with Gasteiger partial charge in [-0.05, 0) is 36.1 Å². The van der Waals surface area contributed by atoms with Crippen LogP contribution >= 0.6 is 0 Å². The largest absolute Gasteiger partial charge is 0.507 e. The zero-order valence-electron chi connectivity index (χ0n) is 17.6. The van der Waals surface area contributed by atoms with Gasteiger partial charge in [0, 0.05) is 12.1 Å². The Kier molecular flexibility index (Phi) is 7.09. The second kappa shape index (κ2) is 9.52. The van der Waals surface area contributed by atoms with E-state index in [9.17, 15) is 35.8 Å². The van der Waals surface area contributed by atoms with Gasteiger partial charge in [0.2, 0.25) is 0 Å². The number of aryl methyl sites for hydroxylation is 1. The SMILES string of the molecule is CCCCc1ccc(-c2c(O)cc(F)c(C(F)(F)Oc3ccc(C(F)(F)F)c(F)c3)c2F)cc1. The molecule has 3 rings (SSSR count). The summed E-state index contributed by atoms with van der Waals surface area (Å²) < 4.78 is 115. The molecule has 0 aliphatic heterocycles. The van der Waals surface area contributed by atoms with Gasteiger partial charge in [0.25, 0.3) is 0 Å². The number of hydrogen-bond acceptors (Lipinski definition) is 2. The topological polar surface area (TPSA) is 29.5 Å². The fourth-order valence-corrected chi connectivity index (χ4v) is 3.36. The molecule has 0 amide bonds. The third kappa shape index (κ3) is 5.26. The summed E-state index contributed by atoms with van der Waals surface area (Å²) in [6.07, 6.45) is -7.31. The Morgan fingerprint density at radius 2 is 1.50 bits per heavy atom. The van der Waals surface area contributed by atoms with Gasteiger partial charge in [0.15, 0.2) is 5.82 Å². The van der Waals surface area contributed by atoms with Crippen LogP contribution in [0.15, 0.2) is 48.5 Å². The molecular weight excluding hydrogens is 472 g/mol. The van der Waals surface area contributed by atoms with E-state index in [0.29, 0.717) is 6.07 Å². The van der Waals surface area contributed by atoms with E-state index in [-0.39, 0.29) is 23.8 Å². The lowest BCUT2D eigenvalue weighted by molar-refractivity contribution is -0.189. The molecule has 0 atom stereocenters. The molecular formula is C24H18F8O2. The van der Waals surface area contributed by atoms with Crippen LogP contribution in [-0.4, -0.2) is 5.11 Å². The van der Waals surface area contributed by atoms with E-state index in [1.165, 1.54) is 12.1 Å². The molecule has 0 aromatic heterocycles. The first-order valence-corrected chi connectivity index (χ1v) is 10.1. The van der Waals surface area contributed by atoms with Crippen molar-refractivity contribution in [1.29, 1.82) is 0 Å². The van der Waals surface area contributed by atoms with E-state index in [1.54, 1.807) is 12.1 Å². The summed E-state index contributed by atoms with van der Waals surface area (Å²) >= 11 is 0. The molecule has 182 valence electrons. The van der Waals surface area contributed by atoms with E-state index in [0.717, 1.165) is 24.8 Å². The third-order valence-corrected chi connectivity index (χ3v) is 5.04. The lowest BCUT2D eigenvalue weighted by Crippen LogP contribution is -2.25. The van der Waals surface area contributed by atoms with Crippen molar-refractivity contribution in [3.63, 3.8) is 0 Å². The van der Waals surface area contributed by atoms with Crippen LogP contribution in [-0.2, 0) is 18.7 Å². The maximum atomic E-state index is 15.1. The van der Waals surface area contributed by atoms with Crippen LogP contribution in [0.1, 0.15) is 36.5 Å². The number of halogens is 8. The Balaban J connectivity index is 2.00. The molecule has 0 spiro atoms. The maximum absolute atomic E-state index is 15.1. The molecule has 0 fully saturated rings. The number of aromatic hydroxyl groups is 1. The predicted molar refractivity (Wildman–Crippen MR) is 108 cm³/mol. The van der Waals surface area contributed by atoms with Gasteiger partial charge in [-0.2, -0.15) is 22.0 Å². The summed E-state index contributed by atoms with van der Waals surface area (Å²) in [6, 6.07) is 6.80. The lowest BCUT2D eigenvalue weighted by Gasteiger charge is -2.21. The van der Waals surface area contributed by atoms with Gasteiger partial charge in [-0.25, -0.2) is 13.2 Å². The van der Waals surface area contributed by atoms with Gasteiger partial charge in [0.1, 0.15) is 28.7 Å². The number of phenols is 1. The van der Waals surface area contributed by atoms with Gasteiger partial charge in [-0.3, -0.25) is 0 Å². The molecule has 0 aliphatic rings. The highest BCUT2D eigenvalue weighted by Gasteiger charge is 2.43. The van der Waals surface area contributed by atoms with Gasteiger partial charge in [-0.1, -0.05) is 37.6 Å². The summed E-state index contributed by atoms with van der Waals surface area (Å²) in [4.78, 5) is 0. The van der Waals surface area contributed by atoms with Crippen molar-refractivity contribution in [3.8, 4) is 22.6 Å². The number of unbranched alkanes of at least 4 members (excludes halogenated alkanes) is 1. The molecule has 3 aromatic carbocycles. The highest BCUT2D eigenvalue weighted by atomic mass is 19.4.